The van der Waals surface area contributed by atoms with Crippen molar-refractivity contribution in [2.75, 3.05) is 0 Å². The van der Waals surface area contributed by atoms with Gasteiger partial charge in [-0.3, -0.25) is 14.9 Å². The molecule has 10 heteroatoms. The topological polar surface area (TPSA) is 106 Å². The van der Waals surface area contributed by atoms with Gasteiger partial charge in [0.15, 0.2) is 4.32 Å². The summed E-state index contributed by atoms with van der Waals surface area (Å²) >= 11 is 6.28. The lowest BCUT2D eigenvalue weighted by Crippen LogP contribution is -2.47. The Labute approximate surface area is 187 Å². The number of hydrogen-bond acceptors (Lipinski definition) is 7. The zero-order valence-corrected chi connectivity index (χ0v) is 18.0. The fraction of sp³-hybridized carbons (Fsp3) is 0.286. The van der Waals surface area contributed by atoms with Gasteiger partial charge in [0.2, 0.25) is 0 Å². The molecule has 1 saturated heterocycles. The first-order valence-electron chi connectivity index (χ1n) is 9.85. The number of benzene rings is 1. The van der Waals surface area contributed by atoms with Crippen LogP contribution in [0.4, 0.5) is 10.5 Å². The van der Waals surface area contributed by atoms with Gasteiger partial charge in [0.05, 0.1) is 9.83 Å². The third kappa shape index (κ3) is 4.70. The molecule has 2 heterocycles. The number of hydrogen-bond donors (Lipinski definition) is 1. The van der Waals surface area contributed by atoms with Crippen molar-refractivity contribution >= 4 is 52.0 Å². The number of nitro groups is 1. The van der Waals surface area contributed by atoms with Crippen LogP contribution < -0.4 is 5.32 Å². The van der Waals surface area contributed by atoms with Crippen LogP contribution in [0.2, 0.25) is 0 Å². The van der Waals surface area contributed by atoms with E-state index in [1.54, 1.807) is 24.3 Å². The van der Waals surface area contributed by atoms with Crippen LogP contribution in [0.1, 0.15) is 37.9 Å². The highest BCUT2D eigenvalue weighted by molar-refractivity contribution is 8.26. The molecule has 0 radical (unpaired) electrons. The van der Waals surface area contributed by atoms with E-state index in [9.17, 15) is 19.7 Å². The van der Waals surface area contributed by atoms with Gasteiger partial charge in [0.1, 0.15) is 11.5 Å². The second-order valence-corrected chi connectivity index (χ2v) is 8.99. The molecular weight excluding hydrogens is 438 g/mol. The van der Waals surface area contributed by atoms with Gasteiger partial charge in [-0.15, -0.1) is 0 Å². The van der Waals surface area contributed by atoms with Crippen LogP contribution in [-0.2, 0) is 4.79 Å². The molecule has 4 rings (SSSR count). The highest BCUT2D eigenvalue weighted by Crippen LogP contribution is 2.34. The molecule has 1 N–H and O–H groups in total. The smallest absolute Gasteiger partial charge is 0.330 e. The van der Waals surface area contributed by atoms with Crippen molar-refractivity contribution < 1.29 is 18.9 Å². The molecule has 1 saturated carbocycles. The summed E-state index contributed by atoms with van der Waals surface area (Å²) in [5, 5.41) is 13.9. The molecule has 2 aliphatic rings. The minimum absolute atomic E-state index is 0.0414. The Morgan fingerprint density at radius 1 is 1.26 bits per heavy atom. The van der Waals surface area contributed by atoms with Crippen molar-refractivity contribution in [1.82, 2.24) is 10.2 Å². The van der Waals surface area contributed by atoms with Gasteiger partial charge in [-0.2, -0.15) is 0 Å². The van der Waals surface area contributed by atoms with Gasteiger partial charge in [-0.25, -0.2) is 9.69 Å². The number of thiocarbonyl (C=S) groups is 1. The first-order chi connectivity index (χ1) is 14.9. The zero-order valence-electron chi connectivity index (χ0n) is 16.4. The van der Waals surface area contributed by atoms with E-state index in [0.717, 1.165) is 48.8 Å². The summed E-state index contributed by atoms with van der Waals surface area (Å²) < 4.78 is 5.92. The number of nitrogens with zero attached hydrogens (tertiary/aromatic N) is 2. The zero-order chi connectivity index (χ0) is 22.0. The SMILES string of the molecule is O=C(NC1CCCCC1)N1C(=O)C(=Cc2ccc(-c3cccc([N+](=O)[O-])c3)o2)SC1=S. The van der Waals surface area contributed by atoms with Crippen LogP contribution in [0.5, 0.6) is 0 Å². The second kappa shape index (κ2) is 9.03. The maximum atomic E-state index is 12.8. The molecule has 0 spiro atoms. The predicted molar refractivity (Wildman–Crippen MR) is 121 cm³/mol. The van der Waals surface area contributed by atoms with Crippen molar-refractivity contribution in [2.45, 2.75) is 38.1 Å². The summed E-state index contributed by atoms with van der Waals surface area (Å²) in [6.07, 6.45) is 6.63. The second-order valence-electron chi connectivity index (χ2n) is 7.31. The van der Waals surface area contributed by atoms with Crippen LogP contribution >= 0.6 is 24.0 Å². The summed E-state index contributed by atoms with van der Waals surface area (Å²) in [5.74, 6) is 0.326. The average molecular weight is 458 g/mol. The molecule has 1 aromatic heterocycles. The Hall–Kier alpha value is -2.98. The number of urea groups is 1. The number of imide groups is 1. The molecule has 2 aromatic rings. The largest absolute Gasteiger partial charge is 0.457 e. The molecule has 1 aliphatic heterocycles. The van der Waals surface area contributed by atoms with E-state index in [0.29, 0.717) is 17.1 Å². The molecule has 31 heavy (non-hydrogen) atoms. The first-order valence-corrected chi connectivity index (χ1v) is 11.1. The third-order valence-electron chi connectivity index (χ3n) is 5.17. The summed E-state index contributed by atoms with van der Waals surface area (Å²) in [4.78, 5) is 37.1. The normalized spacial score (nSPS) is 18.6. The van der Waals surface area contributed by atoms with Crippen molar-refractivity contribution in [3.8, 4) is 11.3 Å². The highest BCUT2D eigenvalue weighted by Gasteiger charge is 2.38. The van der Waals surface area contributed by atoms with Crippen molar-refractivity contribution in [1.29, 1.82) is 0 Å². The van der Waals surface area contributed by atoms with Crippen LogP contribution in [0.15, 0.2) is 45.7 Å². The van der Waals surface area contributed by atoms with Crippen LogP contribution in [0, 0.1) is 10.1 Å². The quantitative estimate of drug-likeness (QED) is 0.295. The number of nitrogens with one attached hydrogen (secondary N) is 1. The minimum atomic E-state index is -0.491. The molecule has 1 aromatic carbocycles. The summed E-state index contributed by atoms with van der Waals surface area (Å²) in [6.45, 7) is 0. The lowest BCUT2D eigenvalue weighted by molar-refractivity contribution is -0.384. The van der Waals surface area contributed by atoms with Gasteiger partial charge in [0.25, 0.3) is 11.6 Å². The van der Waals surface area contributed by atoms with E-state index in [1.807, 2.05) is 0 Å². The van der Waals surface area contributed by atoms with Crippen molar-refractivity contribution in [3.63, 3.8) is 0 Å². The number of nitro benzene ring substituents is 1. The molecule has 8 nitrogen and oxygen atoms in total. The van der Waals surface area contributed by atoms with Gasteiger partial charge in [0, 0.05) is 29.8 Å². The number of amides is 3. The number of thioether (sulfide) groups is 1. The Morgan fingerprint density at radius 2 is 2.03 bits per heavy atom. The molecule has 2 fully saturated rings. The Balaban J connectivity index is 1.49. The van der Waals surface area contributed by atoms with Crippen LogP contribution in [0.3, 0.4) is 0 Å². The number of rotatable bonds is 4. The highest BCUT2D eigenvalue weighted by atomic mass is 32.2. The molecular formula is C21H19N3O5S2. The minimum Gasteiger partial charge on any atom is -0.457 e. The van der Waals surface area contributed by atoms with E-state index in [2.05, 4.69) is 5.32 Å². The number of carbonyl (C=O) groups is 2. The summed E-state index contributed by atoms with van der Waals surface area (Å²) in [5.41, 5.74) is 0.508. The fourth-order valence-electron chi connectivity index (χ4n) is 3.62. The Morgan fingerprint density at radius 3 is 2.77 bits per heavy atom. The number of non-ortho nitro benzene ring substituents is 1. The number of furan rings is 1. The monoisotopic (exact) mass is 457 g/mol. The molecule has 1 aliphatic carbocycles. The molecule has 0 bridgehead atoms. The van der Waals surface area contributed by atoms with Gasteiger partial charge in [-0.1, -0.05) is 55.4 Å². The van der Waals surface area contributed by atoms with Crippen molar-refractivity contribution in [3.05, 3.63) is 57.2 Å². The van der Waals surface area contributed by atoms with E-state index in [4.69, 9.17) is 16.6 Å². The summed E-state index contributed by atoms with van der Waals surface area (Å²) in [6, 6.07) is 8.99. The molecule has 0 unspecified atom stereocenters. The predicted octanol–water partition coefficient (Wildman–Crippen LogP) is 5.10. The van der Waals surface area contributed by atoms with Crippen LogP contribution in [0.25, 0.3) is 17.4 Å². The van der Waals surface area contributed by atoms with Gasteiger partial charge >= 0.3 is 6.03 Å². The molecule has 160 valence electrons. The maximum absolute atomic E-state index is 12.8. The van der Waals surface area contributed by atoms with E-state index in [-0.39, 0.29) is 21.0 Å². The third-order valence-corrected chi connectivity index (χ3v) is 6.47. The van der Waals surface area contributed by atoms with Crippen LogP contribution in [-0.4, -0.2) is 32.1 Å². The maximum Gasteiger partial charge on any atom is 0.330 e. The molecule has 3 amide bonds. The lowest BCUT2D eigenvalue weighted by atomic mass is 9.96. The first kappa shape index (κ1) is 21.3. The lowest BCUT2D eigenvalue weighted by Gasteiger charge is -2.24. The van der Waals surface area contributed by atoms with Gasteiger partial charge < -0.3 is 9.73 Å². The van der Waals surface area contributed by atoms with E-state index >= 15 is 0 Å². The van der Waals surface area contributed by atoms with Gasteiger partial charge in [-0.05, 0) is 25.0 Å². The summed E-state index contributed by atoms with van der Waals surface area (Å²) in [7, 11) is 0. The van der Waals surface area contributed by atoms with Crippen molar-refractivity contribution in [2.24, 2.45) is 0 Å². The Kier molecular flexibility index (Phi) is 6.19. The number of carbonyl (C=O) groups excluding carboxylic acids is 2. The van der Waals surface area contributed by atoms with E-state index in [1.165, 1.54) is 18.2 Å². The fourth-order valence-corrected chi connectivity index (χ4v) is 4.85. The van der Waals surface area contributed by atoms with E-state index < -0.39 is 16.9 Å². The Bertz CT molecular complexity index is 1090. The average Bonchev–Trinajstić information content (AvgIpc) is 3.33. The standard InChI is InChI=1S/C21H19N3O5S2/c25-19-18(31-21(30)23(19)20(26)22-14-6-2-1-3-7-14)12-16-9-10-17(29-16)13-5-4-8-15(11-13)24(27)28/h4-5,8-12,14H,1-3,6-7H2,(H,22,26). The molecule has 0 atom stereocenters.